The van der Waals surface area contributed by atoms with E-state index < -0.39 is 8.07 Å². The first-order valence-corrected chi connectivity index (χ1v) is 24.4. The van der Waals surface area contributed by atoms with E-state index >= 15 is 0 Å². The van der Waals surface area contributed by atoms with Gasteiger partial charge in [0.15, 0.2) is 0 Å². The predicted molar refractivity (Wildman–Crippen MR) is 242 cm³/mol. The number of aromatic nitrogens is 2. The number of benzene rings is 4. The van der Waals surface area contributed by atoms with Gasteiger partial charge in [0, 0.05) is 37.2 Å². The normalized spacial score (nSPS) is 13.9. The van der Waals surface area contributed by atoms with Crippen molar-refractivity contribution >= 4 is 44.8 Å². The Kier molecular flexibility index (Phi) is 12.7. The Bertz CT molecular complexity index is 2370. The van der Waals surface area contributed by atoms with Crippen molar-refractivity contribution in [1.29, 1.82) is 0 Å². The summed E-state index contributed by atoms with van der Waals surface area (Å²) >= 11 is 1.88. The molecule has 0 unspecified atom stereocenters. The van der Waals surface area contributed by atoms with Crippen molar-refractivity contribution in [1.82, 2.24) is 9.97 Å². The van der Waals surface area contributed by atoms with Gasteiger partial charge >= 0.3 is 0 Å². The molecule has 0 N–H and O–H groups in total. The monoisotopic (exact) mass is 949 g/mol. The zero-order valence-corrected chi connectivity index (χ0v) is 38.9. The molecule has 56 heavy (non-hydrogen) atoms. The summed E-state index contributed by atoms with van der Waals surface area (Å²) in [5.41, 5.74) is 11.3. The minimum absolute atomic E-state index is 0. The van der Waals surface area contributed by atoms with Gasteiger partial charge in [-0.1, -0.05) is 140 Å². The Hall–Kier alpha value is -3.73. The van der Waals surface area contributed by atoms with Crippen LogP contribution in [0.5, 0.6) is 0 Å². The number of hydrogen-bond donors (Lipinski definition) is 0. The standard InChI is InChI=1S/C37H40NS.C14H16NSi.Ir/c1-36(2,3)28-19-27(20-29(23-28)37(4,5)6)25-15-16-30-31-13-10-14-32(35(31)39-34(30)22-25)33-21-26(17-18-38-33)24-11-8-7-9-12-24;1-16(2,3)13-9-10-14(15-11-13)12-7-5-4-6-8-12;/h10,13,15-24H,7-9,11-12H2,1-6H3;4-7,9-11H,1-3H3;/q2*-1;. The maximum absolute atomic E-state index is 4.83. The second kappa shape index (κ2) is 17.0. The van der Waals surface area contributed by atoms with E-state index in [0.29, 0.717) is 5.92 Å². The summed E-state index contributed by atoms with van der Waals surface area (Å²) in [6.07, 6.45) is 10.7. The van der Waals surface area contributed by atoms with Crippen molar-refractivity contribution < 1.29 is 20.1 Å². The van der Waals surface area contributed by atoms with Crippen LogP contribution in [0.4, 0.5) is 0 Å². The molecule has 1 aliphatic carbocycles. The molecule has 1 saturated carbocycles. The second-order valence-corrected chi connectivity index (χ2v) is 24.6. The van der Waals surface area contributed by atoms with Gasteiger partial charge in [-0.3, -0.25) is 0 Å². The van der Waals surface area contributed by atoms with E-state index in [0.717, 1.165) is 22.5 Å². The third-order valence-corrected chi connectivity index (χ3v) is 14.4. The molecule has 0 aliphatic heterocycles. The molecular weight excluding hydrogens is 893 g/mol. The van der Waals surface area contributed by atoms with Crippen LogP contribution in [0.2, 0.25) is 19.6 Å². The smallest absolute Gasteiger partial charge is 0.0795 e. The molecule has 1 radical (unpaired) electrons. The Labute approximate surface area is 354 Å². The van der Waals surface area contributed by atoms with Crippen LogP contribution in [-0.4, -0.2) is 18.0 Å². The molecule has 3 aromatic heterocycles. The number of fused-ring (bicyclic) bond motifs is 3. The van der Waals surface area contributed by atoms with E-state index in [1.807, 2.05) is 48.0 Å². The Morgan fingerprint density at radius 1 is 0.661 bits per heavy atom. The topological polar surface area (TPSA) is 25.8 Å². The number of rotatable bonds is 5. The molecular formula is C51H56IrN2SSi-2. The third-order valence-electron chi connectivity index (χ3n) is 11.2. The fraction of sp³-hybridized carbons (Fsp3) is 0.333. The average Bonchev–Trinajstić information content (AvgIpc) is 3.56. The summed E-state index contributed by atoms with van der Waals surface area (Å²) in [6, 6.07) is 42.1. The van der Waals surface area contributed by atoms with E-state index in [9.17, 15) is 0 Å². The van der Waals surface area contributed by atoms with Crippen molar-refractivity contribution in [2.24, 2.45) is 0 Å². The van der Waals surface area contributed by atoms with Gasteiger partial charge in [-0.05, 0) is 90.6 Å². The molecule has 0 saturated heterocycles. The minimum Gasteiger partial charge on any atom is -0.305 e. The van der Waals surface area contributed by atoms with E-state index in [4.69, 9.17) is 4.98 Å². The van der Waals surface area contributed by atoms with Crippen LogP contribution in [0.25, 0.3) is 53.8 Å². The van der Waals surface area contributed by atoms with Gasteiger partial charge in [0.05, 0.1) is 8.07 Å². The molecule has 8 rings (SSSR count). The summed E-state index contributed by atoms with van der Waals surface area (Å²) in [6.45, 7) is 20.8. The maximum Gasteiger partial charge on any atom is 0.0795 e. The van der Waals surface area contributed by atoms with E-state index in [1.54, 1.807) is 0 Å². The molecule has 291 valence electrons. The SMILES string of the molecule is CC(C)(C)c1cc(-c2ccc3c(c2)sc2c(-c4cc(C5CCCCC5)ccn4)[c-]ccc23)cc(C(C)(C)C)c1.C[Si](C)(C)c1ccc(-c2[c-]cccc2)nc1.[Ir]. The van der Waals surface area contributed by atoms with Gasteiger partial charge in [-0.2, -0.15) is 11.3 Å². The third kappa shape index (κ3) is 9.51. The second-order valence-electron chi connectivity index (χ2n) is 18.5. The number of thiophene rings is 1. The van der Waals surface area contributed by atoms with Gasteiger partial charge in [0.2, 0.25) is 0 Å². The molecule has 0 bridgehead atoms. The summed E-state index contributed by atoms with van der Waals surface area (Å²) in [4.78, 5) is 9.35. The Morgan fingerprint density at radius 2 is 1.39 bits per heavy atom. The van der Waals surface area contributed by atoms with Crippen molar-refractivity contribution in [3.05, 3.63) is 138 Å². The van der Waals surface area contributed by atoms with Gasteiger partial charge in [-0.15, -0.1) is 59.7 Å². The fourth-order valence-corrected chi connectivity index (χ4v) is 9.88. The maximum atomic E-state index is 4.83. The molecule has 3 heterocycles. The molecule has 0 amide bonds. The van der Waals surface area contributed by atoms with Crippen molar-refractivity contribution in [2.45, 2.75) is 110 Å². The van der Waals surface area contributed by atoms with Gasteiger partial charge in [-0.25, -0.2) is 0 Å². The van der Waals surface area contributed by atoms with E-state index in [2.05, 4.69) is 151 Å². The number of hydrogen-bond acceptors (Lipinski definition) is 3. The van der Waals surface area contributed by atoms with Crippen LogP contribution < -0.4 is 5.19 Å². The molecule has 7 aromatic rings. The van der Waals surface area contributed by atoms with Crippen LogP contribution in [0.3, 0.4) is 0 Å². The quantitative estimate of drug-likeness (QED) is 0.127. The van der Waals surface area contributed by atoms with E-state index in [-0.39, 0.29) is 30.9 Å². The molecule has 0 atom stereocenters. The molecule has 2 nitrogen and oxygen atoms in total. The van der Waals surface area contributed by atoms with Gasteiger partial charge in [0.25, 0.3) is 0 Å². The summed E-state index contributed by atoms with van der Waals surface area (Å²) < 4.78 is 2.61. The van der Waals surface area contributed by atoms with Crippen LogP contribution in [0.15, 0.2) is 109 Å². The zero-order chi connectivity index (χ0) is 39.0. The van der Waals surface area contributed by atoms with Gasteiger partial charge in [0.1, 0.15) is 0 Å². The molecule has 1 aliphatic rings. The summed E-state index contributed by atoms with van der Waals surface area (Å²) in [5.74, 6) is 0.673. The minimum atomic E-state index is -1.23. The first kappa shape index (κ1) is 41.9. The van der Waals surface area contributed by atoms with Crippen LogP contribution in [0, 0.1) is 12.1 Å². The van der Waals surface area contributed by atoms with Crippen LogP contribution in [0.1, 0.15) is 96.3 Å². The Morgan fingerprint density at radius 3 is 2.02 bits per heavy atom. The summed E-state index contributed by atoms with van der Waals surface area (Å²) in [5, 5.41) is 4.02. The first-order valence-electron chi connectivity index (χ1n) is 20.1. The molecule has 4 aromatic carbocycles. The van der Waals surface area contributed by atoms with Crippen molar-refractivity contribution in [3.63, 3.8) is 0 Å². The van der Waals surface area contributed by atoms with Crippen molar-refractivity contribution in [2.75, 3.05) is 0 Å². The fourth-order valence-electron chi connectivity index (χ4n) is 7.59. The zero-order valence-electron chi connectivity index (χ0n) is 34.6. The average molecular weight is 949 g/mol. The molecule has 5 heteroatoms. The van der Waals surface area contributed by atoms with Crippen LogP contribution >= 0.6 is 11.3 Å². The molecule has 0 spiro atoms. The predicted octanol–water partition coefficient (Wildman–Crippen LogP) is 14.3. The number of pyridine rings is 2. The molecule has 1 fully saturated rings. The Balaban J connectivity index is 0.000000263. The van der Waals surface area contributed by atoms with Gasteiger partial charge < -0.3 is 9.97 Å². The van der Waals surface area contributed by atoms with E-state index in [1.165, 1.54) is 85.3 Å². The van der Waals surface area contributed by atoms with Crippen molar-refractivity contribution in [3.8, 4) is 33.6 Å². The first-order chi connectivity index (χ1) is 26.1. The largest absolute Gasteiger partial charge is 0.305 e. The van der Waals surface area contributed by atoms with Crippen LogP contribution in [-0.2, 0) is 30.9 Å². The summed E-state index contributed by atoms with van der Waals surface area (Å²) in [7, 11) is -1.23. The number of nitrogens with zero attached hydrogens (tertiary/aromatic N) is 2.